The monoisotopic (exact) mass is 288 g/mol. The third kappa shape index (κ3) is 4.00. The molecule has 0 aliphatic carbocycles. The zero-order chi connectivity index (χ0) is 14.4. The van der Waals surface area contributed by atoms with Crippen molar-refractivity contribution in [3.05, 3.63) is 54.6 Å². The summed E-state index contributed by atoms with van der Waals surface area (Å²) >= 11 is 0. The molecule has 0 spiro atoms. The van der Waals surface area contributed by atoms with Gasteiger partial charge in [0, 0.05) is 5.69 Å². The fraction of sp³-hybridized carbons (Fsp3) is 0.0714. The van der Waals surface area contributed by atoms with Crippen molar-refractivity contribution in [3.63, 3.8) is 0 Å². The van der Waals surface area contributed by atoms with E-state index in [1.165, 1.54) is 0 Å². The zero-order valence-corrected chi connectivity index (χ0v) is 11.3. The quantitative estimate of drug-likeness (QED) is 0.917. The number of anilines is 1. The number of benzene rings is 2. The number of hydrogen-bond acceptors (Lipinski definition) is 4. The molecule has 0 aliphatic rings. The van der Waals surface area contributed by atoms with Gasteiger partial charge in [-0.25, -0.2) is 8.42 Å². The number of rotatable bonds is 5. The van der Waals surface area contributed by atoms with Crippen LogP contribution in [0.25, 0.3) is 0 Å². The second-order valence-electron chi connectivity index (χ2n) is 3.96. The van der Waals surface area contributed by atoms with Crippen LogP contribution in [0.3, 0.4) is 0 Å². The summed E-state index contributed by atoms with van der Waals surface area (Å²) in [5.74, 6) is 0.722. The first-order valence-electron chi connectivity index (χ1n) is 5.79. The fourth-order valence-electron chi connectivity index (χ4n) is 1.52. The molecule has 1 N–H and O–H groups in total. The first-order valence-corrected chi connectivity index (χ1v) is 7.45. The van der Waals surface area contributed by atoms with Crippen molar-refractivity contribution in [2.45, 2.75) is 0 Å². The van der Waals surface area contributed by atoms with E-state index in [2.05, 4.69) is 4.72 Å². The maximum Gasteiger partial charge on any atom is 0.246 e. The molecule has 2 aromatic rings. The Morgan fingerprint density at radius 3 is 2.20 bits per heavy atom. The smallest absolute Gasteiger partial charge is 0.246 e. The van der Waals surface area contributed by atoms with Gasteiger partial charge in [-0.15, -0.1) is 0 Å². The van der Waals surface area contributed by atoms with Crippen molar-refractivity contribution in [2.75, 3.05) is 10.5 Å². The molecular formula is C14H12N2O3S. The van der Waals surface area contributed by atoms with Crippen molar-refractivity contribution in [3.8, 4) is 17.6 Å². The molecule has 0 heterocycles. The average molecular weight is 288 g/mol. The summed E-state index contributed by atoms with van der Waals surface area (Å²) in [6.45, 7) is 0. The topological polar surface area (TPSA) is 79.2 Å². The molecule has 102 valence electrons. The molecule has 0 atom stereocenters. The van der Waals surface area contributed by atoms with Gasteiger partial charge in [0.15, 0.2) is 5.75 Å². The average Bonchev–Trinajstić information content (AvgIpc) is 2.42. The summed E-state index contributed by atoms with van der Waals surface area (Å²) in [5, 5.41) is 8.40. The molecular weight excluding hydrogens is 276 g/mol. The lowest BCUT2D eigenvalue weighted by atomic mass is 10.3. The molecule has 0 radical (unpaired) electrons. The molecule has 0 bridgehead atoms. The molecule has 6 heteroatoms. The Bertz CT molecular complexity index is 704. The molecule has 0 aliphatic heterocycles. The summed E-state index contributed by atoms with van der Waals surface area (Å²) in [5.41, 5.74) is 0.390. The molecule has 2 rings (SSSR count). The van der Waals surface area contributed by atoms with E-state index in [9.17, 15) is 8.42 Å². The molecule has 0 fully saturated rings. The Kier molecular flexibility index (Phi) is 4.23. The van der Waals surface area contributed by atoms with Gasteiger partial charge in [-0.2, -0.15) is 5.26 Å². The highest BCUT2D eigenvalue weighted by Crippen LogP contribution is 2.22. The lowest BCUT2D eigenvalue weighted by Gasteiger charge is -2.08. The van der Waals surface area contributed by atoms with Gasteiger partial charge in [-0.1, -0.05) is 18.2 Å². The number of nitrogens with one attached hydrogen (secondary N) is 1. The van der Waals surface area contributed by atoms with E-state index in [1.54, 1.807) is 30.3 Å². The summed E-state index contributed by atoms with van der Waals surface area (Å²) in [6.07, 6.45) is 0. The van der Waals surface area contributed by atoms with Gasteiger partial charge in [-0.3, -0.25) is 4.72 Å². The first kappa shape index (κ1) is 13.9. The van der Waals surface area contributed by atoms with Gasteiger partial charge in [0.05, 0.1) is 6.07 Å². The predicted octanol–water partition coefficient (Wildman–Crippen LogP) is 2.74. The Morgan fingerprint density at radius 2 is 1.60 bits per heavy atom. The Labute approximate surface area is 117 Å². The summed E-state index contributed by atoms with van der Waals surface area (Å²) in [6, 6.07) is 17.3. The lowest BCUT2D eigenvalue weighted by molar-refractivity contribution is 0.483. The highest BCUT2D eigenvalue weighted by atomic mass is 32.2. The molecule has 0 saturated carbocycles. The number of nitrogens with zero attached hydrogens (tertiary/aromatic N) is 1. The number of nitriles is 1. The standard InChI is InChI=1S/C14H12N2O3S/c15-10-11-20(17,18)16-12-6-8-14(9-7-12)19-13-4-2-1-3-5-13/h1-9,16H,11H2. The van der Waals surface area contributed by atoms with Crippen molar-refractivity contribution >= 4 is 15.7 Å². The molecule has 5 nitrogen and oxygen atoms in total. The number of para-hydroxylation sites is 1. The Hall–Kier alpha value is -2.52. The number of sulfonamides is 1. The van der Waals surface area contributed by atoms with Crippen molar-refractivity contribution in [2.24, 2.45) is 0 Å². The maximum absolute atomic E-state index is 11.4. The van der Waals surface area contributed by atoms with E-state index in [4.69, 9.17) is 10.00 Å². The summed E-state index contributed by atoms with van der Waals surface area (Å²) in [4.78, 5) is 0. The molecule has 0 aromatic heterocycles. The highest BCUT2D eigenvalue weighted by molar-refractivity contribution is 7.92. The van der Waals surface area contributed by atoms with Crippen molar-refractivity contribution < 1.29 is 13.2 Å². The van der Waals surface area contributed by atoms with Gasteiger partial charge in [0.1, 0.15) is 11.5 Å². The highest BCUT2D eigenvalue weighted by Gasteiger charge is 2.09. The van der Waals surface area contributed by atoms with Crippen LogP contribution in [-0.4, -0.2) is 14.2 Å². The van der Waals surface area contributed by atoms with Crippen LogP contribution in [0.2, 0.25) is 0 Å². The van der Waals surface area contributed by atoms with Crippen LogP contribution in [0.15, 0.2) is 54.6 Å². The summed E-state index contributed by atoms with van der Waals surface area (Å²) in [7, 11) is -3.61. The molecule has 2 aromatic carbocycles. The van der Waals surface area contributed by atoms with Gasteiger partial charge in [-0.05, 0) is 36.4 Å². The van der Waals surface area contributed by atoms with E-state index < -0.39 is 15.8 Å². The van der Waals surface area contributed by atoms with Crippen molar-refractivity contribution in [1.82, 2.24) is 0 Å². The Morgan fingerprint density at radius 1 is 1.00 bits per heavy atom. The zero-order valence-electron chi connectivity index (χ0n) is 10.5. The minimum absolute atomic E-state index is 0.390. The maximum atomic E-state index is 11.4. The second kappa shape index (κ2) is 6.08. The largest absolute Gasteiger partial charge is 0.457 e. The molecule has 0 amide bonds. The van der Waals surface area contributed by atoms with Gasteiger partial charge >= 0.3 is 0 Å². The van der Waals surface area contributed by atoms with E-state index in [-0.39, 0.29) is 0 Å². The third-order valence-corrected chi connectivity index (χ3v) is 3.42. The number of ether oxygens (including phenoxy) is 1. The van der Waals surface area contributed by atoms with Crippen molar-refractivity contribution in [1.29, 1.82) is 5.26 Å². The van der Waals surface area contributed by atoms with Crippen LogP contribution in [0, 0.1) is 11.3 Å². The van der Waals surface area contributed by atoms with Gasteiger partial charge < -0.3 is 4.74 Å². The number of hydrogen-bond donors (Lipinski definition) is 1. The summed E-state index contributed by atoms with van der Waals surface area (Å²) < 4.78 is 30.7. The van der Waals surface area contributed by atoms with Gasteiger partial charge in [0.2, 0.25) is 10.0 Å². The third-order valence-electron chi connectivity index (χ3n) is 2.36. The molecule has 0 saturated heterocycles. The van der Waals surface area contributed by atoms with Crippen LogP contribution >= 0.6 is 0 Å². The fourth-order valence-corrected chi connectivity index (χ4v) is 2.25. The minimum Gasteiger partial charge on any atom is -0.457 e. The lowest BCUT2D eigenvalue weighted by Crippen LogP contribution is -2.15. The SMILES string of the molecule is N#CCS(=O)(=O)Nc1ccc(Oc2ccccc2)cc1. The molecule has 0 unspecified atom stereocenters. The van der Waals surface area contributed by atoms with E-state index >= 15 is 0 Å². The van der Waals surface area contributed by atoms with Crippen LogP contribution in [0.4, 0.5) is 5.69 Å². The second-order valence-corrected chi connectivity index (χ2v) is 5.68. The molecule has 20 heavy (non-hydrogen) atoms. The van der Waals surface area contributed by atoms with Crippen LogP contribution in [-0.2, 0) is 10.0 Å². The first-order chi connectivity index (χ1) is 9.59. The predicted molar refractivity (Wildman–Crippen MR) is 76.0 cm³/mol. The van der Waals surface area contributed by atoms with E-state index in [0.29, 0.717) is 17.2 Å². The normalized spacial score (nSPS) is 10.6. The Balaban J connectivity index is 2.06. The van der Waals surface area contributed by atoms with E-state index in [0.717, 1.165) is 0 Å². The van der Waals surface area contributed by atoms with E-state index in [1.807, 2.05) is 30.3 Å². The van der Waals surface area contributed by atoms with Crippen LogP contribution in [0.5, 0.6) is 11.5 Å². The van der Waals surface area contributed by atoms with Gasteiger partial charge in [0.25, 0.3) is 0 Å². The van der Waals surface area contributed by atoms with Crippen LogP contribution < -0.4 is 9.46 Å². The minimum atomic E-state index is -3.61. The van der Waals surface area contributed by atoms with Crippen LogP contribution in [0.1, 0.15) is 0 Å².